The predicted molar refractivity (Wildman–Crippen MR) is 68.4 cm³/mol. The molecule has 0 aliphatic carbocycles. The lowest BCUT2D eigenvalue weighted by Gasteiger charge is -2.16. The lowest BCUT2D eigenvalue weighted by molar-refractivity contribution is 0.517. The van der Waals surface area contributed by atoms with Crippen molar-refractivity contribution < 1.29 is 0 Å². The van der Waals surface area contributed by atoms with E-state index in [2.05, 4.69) is 30.4 Å². The number of hydrogen-bond acceptors (Lipinski definition) is 3. The van der Waals surface area contributed by atoms with Crippen molar-refractivity contribution in [2.24, 2.45) is 5.92 Å². The van der Waals surface area contributed by atoms with Crippen molar-refractivity contribution in [3.8, 4) is 6.07 Å². The van der Waals surface area contributed by atoms with Gasteiger partial charge < -0.3 is 5.32 Å². The van der Waals surface area contributed by atoms with E-state index in [4.69, 9.17) is 5.26 Å². The van der Waals surface area contributed by atoms with E-state index in [0.29, 0.717) is 6.04 Å². The molecule has 1 fully saturated rings. The maximum absolute atomic E-state index is 8.75. The highest BCUT2D eigenvalue weighted by molar-refractivity contribution is 7.99. The van der Waals surface area contributed by atoms with Crippen LogP contribution >= 0.6 is 11.8 Å². The zero-order chi connectivity index (χ0) is 11.4. The summed E-state index contributed by atoms with van der Waals surface area (Å²) in [7, 11) is 0. The molecule has 1 aromatic carbocycles. The summed E-state index contributed by atoms with van der Waals surface area (Å²) in [5.41, 5.74) is 2.03. The van der Waals surface area contributed by atoms with Crippen molar-refractivity contribution in [2.75, 3.05) is 18.1 Å². The molecule has 1 N–H and O–H groups in total. The van der Waals surface area contributed by atoms with Crippen molar-refractivity contribution in [3.05, 3.63) is 35.4 Å². The van der Waals surface area contributed by atoms with E-state index in [-0.39, 0.29) is 0 Å². The molecule has 2 rings (SSSR count). The maximum Gasteiger partial charge on any atom is 0.0991 e. The van der Waals surface area contributed by atoms with E-state index in [9.17, 15) is 0 Å². The second kappa shape index (κ2) is 5.38. The van der Waals surface area contributed by atoms with Gasteiger partial charge in [0.1, 0.15) is 0 Å². The van der Waals surface area contributed by atoms with E-state index in [1.54, 1.807) is 0 Å². The van der Waals surface area contributed by atoms with Crippen molar-refractivity contribution in [2.45, 2.75) is 13.0 Å². The van der Waals surface area contributed by atoms with Crippen LogP contribution in [0.1, 0.15) is 24.1 Å². The Morgan fingerprint density at radius 2 is 2.06 bits per heavy atom. The summed E-state index contributed by atoms with van der Waals surface area (Å²) >= 11 is 2.01. The van der Waals surface area contributed by atoms with E-state index in [0.717, 1.165) is 23.8 Å². The SMILES string of the molecule is CC1CNC(c2ccc(C#N)cc2)CSC1. The van der Waals surface area contributed by atoms with Gasteiger partial charge in [-0.05, 0) is 35.9 Å². The summed E-state index contributed by atoms with van der Waals surface area (Å²) in [6, 6.07) is 10.5. The summed E-state index contributed by atoms with van der Waals surface area (Å²) in [6.07, 6.45) is 0. The zero-order valence-electron chi connectivity index (χ0n) is 9.44. The number of nitriles is 1. The largest absolute Gasteiger partial charge is 0.309 e. The number of thioether (sulfide) groups is 1. The van der Waals surface area contributed by atoms with Gasteiger partial charge in [0.25, 0.3) is 0 Å². The normalized spacial score (nSPS) is 25.8. The first kappa shape index (κ1) is 11.5. The van der Waals surface area contributed by atoms with Crippen molar-refractivity contribution in [1.82, 2.24) is 5.32 Å². The monoisotopic (exact) mass is 232 g/mol. The van der Waals surface area contributed by atoms with Gasteiger partial charge >= 0.3 is 0 Å². The molecule has 1 heterocycles. The van der Waals surface area contributed by atoms with E-state index in [1.807, 2.05) is 23.9 Å². The molecular weight excluding hydrogens is 216 g/mol. The summed E-state index contributed by atoms with van der Waals surface area (Å²) in [4.78, 5) is 0. The van der Waals surface area contributed by atoms with Gasteiger partial charge in [-0.3, -0.25) is 0 Å². The molecule has 0 radical (unpaired) electrons. The van der Waals surface area contributed by atoms with Crippen molar-refractivity contribution in [1.29, 1.82) is 5.26 Å². The fourth-order valence-electron chi connectivity index (χ4n) is 1.85. The Bertz CT molecular complexity index is 380. The molecule has 2 atom stereocenters. The first-order valence-electron chi connectivity index (χ1n) is 5.61. The van der Waals surface area contributed by atoms with Crippen LogP contribution in [-0.2, 0) is 0 Å². The molecule has 0 aromatic heterocycles. The minimum Gasteiger partial charge on any atom is -0.309 e. The van der Waals surface area contributed by atoms with Crippen LogP contribution in [0.3, 0.4) is 0 Å². The first-order chi connectivity index (χ1) is 7.79. The van der Waals surface area contributed by atoms with Crippen LogP contribution in [-0.4, -0.2) is 18.1 Å². The van der Waals surface area contributed by atoms with Crippen LogP contribution in [0.15, 0.2) is 24.3 Å². The molecule has 1 saturated heterocycles. The quantitative estimate of drug-likeness (QED) is 0.808. The molecule has 2 unspecified atom stereocenters. The van der Waals surface area contributed by atoms with Gasteiger partial charge in [-0.25, -0.2) is 0 Å². The minimum atomic E-state index is 0.433. The Labute approximate surface area is 101 Å². The highest BCUT2D eigenvalue weighted by Crippen LogP contribution is 2.23. The fraction of sp³-hybridized carbons (Fsp3) is 0.462. The van der Waals surface area contributed by atoms with Crippen LogP contribution in [0.5, 0.6) is 0 Å². The van der Waals surface area contributed by atoms with Crippen LogP contribution < -0.4 is 5.32 Å². The maximum atomic E-state index is 8.75. The third kappa shape index (κ3) is 2.78. The van der Waals surface area contributed by atoms with E-state index in [1.165, 1.54) is 11.3 Å². The fourth-order valence-corrected chi connectivity index (χ4v) is 3.05. The molecule has 3 heteroatoms. The van der Waals surface area contributed by atoms with Gasteiger partial charge in [-0.15, -0.1) is 0 Å². The lowest BCUT2D eigenvalue weighted by atomic mass is 10.1. The summed E-state index contributed by atoms with van der Waals surface area (Å²) < 4.78 is 0. The van der Waals surface area contributed by atoms with Gasteiger partial charge in [0.05, 0.1) is 11.6 Å². The number of rotatable bonds is 1. The number of nitrogens with one attached hydrogen (secondary N) is 1. The molecule has 16 heavy (non-hydrogen) atoms. The Morgan fingerprint density at radius 1 is 1.31 bits per heavy atom. The molecule has 0 amide bonds. The molecule has 84 valence electrons. The Kier molecular flexibility index (Phi) is 3.87. The Balaban J connectivity index is 2.08. The molecular formula is C13H16N2S. The van der Waals surface area contributed by atoms with Gasteiger partial charge in [0, 0.05) is 11.8 Å². The minimum absolute atomic E-state index is 0.433. The molecule has 1 aliphatic heterocycles. The Hall–Kier alpha value is -0.980. The molecule has 1 aromatic rings. The summed E-state index contributed by atoms with van der Waals surface area (Å²) in [6.45, 7) is 3.36. The lowest BCUT2D eigenvalue weighted by Crippen LogP contribution is -2.25. The highest BCUT2D eigenvalue weighted by Gasteiger charge is 2.16. The molecule has 1 aliphatic rings. The third-order valence-corrected chi connectivity index (χ3v) is 4.22. The van der Waals surface area contributed by atoms with Gasteiger partial charge in [0.2, 0.25) is 0 Å². The second-order valence-corrected chi connectivity index (χ2v) is 5.41. The number of benzene rings is 1. The van der Waals surface area contributed by atoms with E-state index >= 15 is 0 Å². The highest BCUT2D eigenvalue weighted by atomic mass is 32.2. The number of nitrogens with zero attached hydrogens (tertiary/aromatic N) is 1. The molecule has 0 bridgehead atoms. The van der Waals surface area contributed by atoms with E-state index < -0.39 is 0 Å². The van der Waals surface area contributed by atoms with Gasteiger partial charge in [-0.2, -0.15) is 17.0 Å². The Morgan fingerprint density at radius 3 is 2.75 bits per heavy atom. The first-order valence-corrected chi connectivity index (χ1v) is 6.76. The molecule has 0 saturated carbocycles. The standard InChI is InChI=1S/C13H16N2S/c1-10-7-15-13(9-16-8-10)12-4-2-11(6-14)3-5-12/h2-5,10,13,15H,7-9H2,1H3. The van der Waals surface area contributed by atoms with Crippen LogP contribution in [0, 0.1) is 17.2 Å². The average Bonchev–Trinajstić information content (AvgIpc) is 2.54. The predicted octanol–water partition coefficient (Wildman–Crippen LogP) is 2.57. The second-order valence-electron chi connectivity index (χ2n) is 4.34. The van der Waals surface area contributed by atoms with Crippen molar-refractivity contribution in [3.63, 3.8) is 0 Å². The smallest absolute Gasteiger partial charge is 0.0991 e. The van der Waals surface area contributed by atoms with Crippen molar-refractivity contribution >= 4 is 11.8 Å². The van der Waals surface area contributed by atoms with Crippen LogP contribution in [0.4, 0.5) is 0 Å². The third-order valence-electron chi connectivity index (χ3n) is 2.84. The average molecular weight is 232 g/mol. The summed E-state index contributed by atoms with van der Waals surface area (Å²) in [5.74, 6) is 3.10. The number of hydrogen-bond donors (Lipinski definition) is 1. The zero-order valence-corrected chi connectivity index (χ0v) is 10.3. The van der Waals surface area contributed by atoms with Gasteiger partial charge in [-0.1, -0.05) is 19.1 Å². The van der Waals surface area contributed by atoms with Crippen LogP contribution in [0.25, 0.3) is 0 Å². The molecule has 2 nitrogen and oxygen atoms in total. The topological polar surface area (TPSA) is 35.8 Å². The molecule has 0 spiro atoms. The van der Waals surface area contributed by atoms with Gasteiger partial charge in [0.15, 0.2) is 0 Å². The summed E-state index contributed by atoms with van der Waals surface area (Å²) in [5, 5.41) is 12.3. The van der Waals surface area contributed by atoms with Crippen LogP contribution in [0.2, 0.25) is 0 Å².